The smallest absolute Gasteiger partial charge is 0.433 e. The van der Waals surface area contributed by atoms with E-state index < -0.39 is 23.8 Å². The van der Waals surface area contributed by atoms with Crippen molar-refractivity contribution in [1.82, 2.24) is 15.1 Å². The summed E-state index contributed by atoms with van der Waals surface area (Å²) in [4.78, 5) is 13.2. The number of fused-ring (bicyclic) bond motifs is 1. The van der Waals surface area contributed by atoms with Crippen LogP contribution in [0.1, 0.15) is 29.4 Å². The van der Waals surface area contributed by atoms with Crippen LogP contribution in [-0.2, 0) is 17.5 Å². The summed E-state index contributed by atoms with van der Waals surface area (Å²) in [7, 11) is 0. The predicted octanol–water partition coefficient (Wildman–Crippen LogP) is 4.08. The van der Waals surface area contributed by atoms with E-state index in [4.69, 9.17) is 4.74 Å². The number of aromatic amines is 1. The molecule has 1 amide bonds. The van der Waals surface area contributed by atoms with Gasteiger partial charge in [-0.15, -0.1) is 0 Å². The van der Waals surface area contributed by atoms with Gasteiger partial charge in [-0.1, -0.05) is 12.1 Å². The molecule has 0 bridgehead atoms. The Morgan fingerprint density at radius 3 is 2.62 bits per heavy atom. The molecule has 0 saturated heterocycles. The number of benzene rings is 1. The minimum absolute atomic E-state index is 0.0331. The Bertz CT molecular complexity index is 841. The highest BCUT2D eigenvalue weighted by Crippen LogP contribution is 2.37. The minimum Gasteiger partial charge on any atom is -0.450 e. The molecule has 0 saturated carbocycles. The molecule has 0 atom stereocenters. The van der Waals surface area contributed by atoms with Crippen LogP contribution >= 0.6 is 0 Å². The number of nitrogens with zero attached hydrogens (tertiary/aromatic N) is 2. The van der Waals surface area contributed by atoms with Gasteiger partial charge in [0.1, 0.15) is 11.5 Å². The Hall–Kier alpha value is -2.84. The number of nitrogens with one attached hydrogen (secondary N) is 1. The van der Waals surface area contributed by atoms with Gasteiger partial charge in [-0.05, 0) is 30.7 Å². The van der Waals surface area contributed by atoms with Gasteiger partial charge in [0.15, 0.2) is 0 Å². The molecule has 1 aromatic heterocycles. The van der Waals surface area contributed by atoms with Crippen LogP contribution in [0, 0.1) is 5.82 Å². The van der Waals surface area contributed by atoms with E-state index in [0.29, 0.717) is 11.1 Å². The summed E-state index contributed by atoms with van der Waals surface area (Å²) in [6, 6.07) is 5.46. The molecule has 5 nitrogen and oxygen atoms in total. The normalized spacial score (nSPS) is 15.9. The zero-order valence-electron chi connectivity index (χ0n) is 13.7. The summed E-state index contributed by atoms with van der Waals surface area (Å²) >= 11 is 0. The molecule has 9 heteroatoms. The van der Waals surface area contributed by atoms with Gasteiger partial charge in [0.25, 0.3) is 0 Å². The Balaban J connectivity index is 2.05. The summed E-state index contributed by atoms with van der Waals surface area (Å²) in [5.41, 5.74) is 0.00569. The third kappa shape index (κ3) is 3.56. The molecule has 138 valence electrons. The lowest BCUT2D eigenvalue weighted by Gasteiger charge is -2.28. The maximum Gasteiger partial charge on any atom is 0.433 e. The second-order valence-electron chi connectivity index (χ2n) is 5.70. The van der Waals surface area contributed by atoms with Crippen molar-refractivity contribution < 1.29 is 27.1 Å². The first kappa shape index (κ1) is 18.0. The number of amides is 1. The number of carbonyl (C=O) groups is 1. The van der Waals surface area contributed by atoms with Crippen LogP contribution in [0.2, 0.25) is 0 Å². The molecule has 1 aliphatic heterocycles. The largest absolute Gasteiger partial charge is 0.450 e. The lowest BCUT2D eigenvalue weighted by molar-refractivity contribution is -0.142. The van der Waals surface area contributed by atoms with E-state index in [1.807, 2.05) is 5.10 Å². The fourth-order valence-corrected chi connectivity index (χ4v) is 2.76. The fourth-order valence-electron chi connectivity index (χ4n) is 2.76. The van der Waals surface area contributed by atoms with E-state index in [9.17, 15) is 22.4 Å². The van der Waals surface area contributed by atoms with Gasteiger partial charge in [0.05, 0.1) is 25.4 Å². The number of aromatic nitrogens is 2. The van der Waals surface area contributed by atoms with Crippen LogP contribution in [0.15, 0.2) is 24.3 Å². The van der Waals surface area contributed by atoms with Gasteiger partial charge >= 0.3 is 12.3 Å². The highest BCUT2D eigenvalue weighted by Gasteiger charge is 2.40. The monoisotopic (exact) mass is 369 g/mol. The molecule has 26 heavy (non-hydrogen) atoms. The Kier molecular flexibility index (Phi) is 4.71. The summed E-state index contributed by atoms with van der Waals surface area (Å²) in [6.45, 7) is 1.49. The lowest BCUT2D eigenvalue weighted by Crippen LogP contribution is -2.36. The predicted molar refractivity (Wildman–Crippen MR) is 85.3 cm³/mol. The van der Waals surface area contributed by atoms with Gasteiger partial charge in [-0.3, -0.25) is 10.00 Å². The molecule has 0 aliphatic carbocycles. The van der Waals surface area contributed by atoms with Crippen molar-refractivity contribution in [2.45, 2.75) is 19.6 Å². The molecular formula is C17H15F4N3O2. The number of ether oxygens (including phenoxy) is 1. The second-order valence-corrected chi connectivity index (χ2v) is 5.70. The molecule has 0 fully saturated rings. The Labute approximate surface area is 146 Å². The highest BCUT2D eigenvalue weighted by molar-refractivity contribution is 5.86. The third-order valence-corrected chi connectivity index (χ3v) is 3.90. The second kappa shape index (κ2) is 6.81. The standard InChI is InChI=1S/C17H15F4N3O2/c1-2-26-16(25)24-8-11(7-10-3-5-12(18)6-4-10)14-13(9-24)15(23-22-14)17(19,20)21/h3-7H,2,8-9H2,1H3,(H,22,23)/b11-7-. The van der Waals surface area contributed by atoms with Gasteiger partial charge in [-0.2, -0.15) is 18.3 Å². The Morgan fingerprint density at radius 1 is 1.31 bits per heavy atom. The van der Waals surface area contributed by atoms with Gasteiger partial charge in [0.2, 0.25) is 0 Å². The van der Waals surface area contributed by atoms with Crippen molar-refractivity contribution in [2.75, 3.05) is 13.2 Å². The number of H-pyrrole nitrogens is 1. The minimum atomic E-state index is -4.63. The van der Waals surface area contributed by atoms with Crippen LogP contribution < -0.4 is 0 Å². The molecule has 0 unspecified atom stereocenters. The topological polar surface area (TPSA) is 58.2 Å². The van der Waals surface area contributed by atoms with Crippen molar-refractivity contribution in [2.24, 2.45) is 0 Å². The average molecular weight is 369 g/mol. The maximum absolute atomic E-state index is 13.2. The molecule has 1 N–H and O–H groups in total. The van der Waals surface area contributed by atoms with Gasteiger partial charge in [0, 0.05) is 11.1 Å². The SMILES string of the molecule is CCOC(=O)N1C/C(=C/c2ccc(F)cc2)c2n[nH]c(C(F)(F)F)c2C1. The van der Waals surface area contributed by atoms with E-state index in [1.54, 1.807) is 13.0 Å². The molecule has 0 spiro atoms. The van der Waals surface area contributed by atoms with Gasteiger partial charge < -0.3 is 4.74 Å². The number of hydrogen-bond donors (Lipinski definition) is 1. The van der Waals surface area contributed by atoms with E-state index in [-0.39, 0.29) is 31.0 Å². The van der Waals surface area contributed by atoms with Crippen molar-refractivity contribution in [3.8, 4) is 0 Å². The summed E-state index contributed by atoms with van der Waals surface area (Å²) in [6.07, 6.45) is -3.76. The number of alkyl halides is 3. The molecule has 2 heterocycles. The molecular weight excluding hydrogens is 354 g/mol. The first-order valence-electron chi connectivity index (χ1n) is 7.82. The third-order valence-electron chi connectivity index (χ3n) is 3.90. The number of halogens is 4. The highest BCUT2D eigenvalue weighted by atomic mass is 19.4. The first-order valence-corrected chi connectivity index (χ1v) is 7.82. The molecule has 1 aromatic carbocycles. The number of rotatable bonds is 2. The molecule has 1 aliphatic rings. The van der Waals surface area contributed by atoms with Crippen molar-refractivity contribution in [3.05, 3.63) is 52.6 Å². The quantitative estimate of drug-likeness (QED) is 0.812. The summed E-state index contributed by atoms with van der Waals surface area (Å²) < 4.78 is 57.6. The van der Waals surface area contributed by atoms with Crippen LogP contribution in [0.3, 0.4) is 0 Å². The lowest BCUT2D eigenvalue weighted by atomic mass is 9.98. The van der Waals surface area contributed by atoms with Crippen LogP contribution in [0.4, 0.5) is 22.4 Å². The van der Waals surface area contributed by atoms with Crippen molar-refractivity contribution in [3.63, 3.8) is 0 Å². The van der Waals surface area contributed by atoms with E-state index in [1.165, 1.54) is 29.2 Å². The van der Waals surface area contributed by atoms with Crippen molar-refractivity contribution >= 4 is 17.7 Å². The number of hydrogen-bond acceptors (Lipinski definition) is 3. The van der Waals surface area contributed by atoms with E-state index in [2.05, 4.69) is 5.10 Å². The number of carbonyl (C=O) groups excluding carboxylic acids is 1. The Morgan fingerprint density at radius 2 is 2.00 bits per heavy atom. The van der Waals surface area contributed by atoms with Crippen molar-refractivity contribution in [1.29, 1.82) is 0 Å². The first-order chi connectivity index (χ1) is 12.3. The zero-order chi connectivity index (χ0) is 18.9. The van der Waals surface area contributed by atoms with E-state index in [0.717, 1.165) is 0 Å². The molecule has 2 aromatic rings. The summed E-state index contributed by atoms with van der Waals surface area (Å²) in [5.74, 6) is -0.427. The molecule has 3 rings (SSSR count). The molecule has 0 radical (unpaired) electrons. The van der Waals surface area contributed by atoms with E-state index >= 15 is 0 Å². The average Bonchev–Trinajstić information content (AvgIpc) is 3.01. The summed E-state index contributed by atoms with van der Waals surface area (Å²) in [5, 5.41) is 5.81. The fraction of sp³-hybridized carbons (Fsp3) is 0.294. The van der Waals surface area contributed by atoms with Crippen LogP contribution in [-0.4, -0.2) is 34.3 Å². The van der Waals surface area contributed by atoms with Crippen LogP contribution in [0.5, 0.6) is 0 Å². The maximum atomic E-state index is 13.2. The van der Waals surface area contributed by atoms with Gasteiger partial charge in [-0.25, -0.2) is 9.18 Å². The van der Waals surface area contributed by atoms with Crippen LogP contribution in [0.25, 0.3) is 11.6 Å². The zero-order valence-corrected chi connectivity index (χ0v) is 13.7.